The molecule has 1 atom stereocenters. The summed E-state index contributed by atoms with van der Waals surface area (Å²) in [7, 11) is 0. The van der Waals surface area contributed by atoms with Gasteiger partial charge >= 0.3 is 0 Å². The maximum absolute atomic E-state index is 12.1. The zero-order valence-corrected chi connectivity index (χ0v) is 21.5. The van der Waals surface area contributed by atoms with Crippen LogP contribution >= 0.6 is 0 Å². The molecule has 2 aromatic carbocycles. The minimum absolute atomic E-state index is 0.0936. The molecule has 0 saturated carbocycles. The Labute approximate surface area is 200 Å². The number of aromatic nitrogens is 1. The van der Waals surface area contributed by atoms with Crippen molar-refractivity contribution in [3.8, 4) is 0 Å². The number of pyridine rings is 1. The van der Waals surface area contributed by atoms with Crippen LogP contribution in [0.25, 0.3) is 0 Å². The Hall–Kier alpha value is -2.65. The number of nitrogens with zero attached hydrogens (tertiary/aromatic N) is 2. The van der Waals surface area contributed by atoms with E-state index in [0.29, 0.717) is 11.8 Å². The number of anilines is 1. The first-order valence-corrected chi connectivity index (χ1v) is 12.1. The van der Waals surface area contributed by atoms with E-state index in [-0.39, 0.29) is 6.04 Å². The zero-order valence-electron chi connectivity index (χ0n) is 21.5. The summed E-state index contributed by atoms with van der Waals surface area (Å²) in [5.74, 6) is 0.665. The molecule has 0 amide bonds. The van der Waals surface area contributed by atoms with Crippen molar-refractivity contribution in [1.82, 2.24) is 4.98 Å². The van der Waals surface area contributed by atoms with E-state index < -0.39 is 11.1 Å². The Balaban J connectivity index is 2.56. The van der Waals surface area contributed by atoms with Crippen LogP contribution < -0.4 is 4.90 Å². The lowest BCUT2D eigenvalue weighted by molar-refractivity contribution is 0.00505. The number of para-hydroxylation sites is 1. The Kier molecular flexibility index (Phi) is 7.33. The third-order valence-electron chi connectivity index (χ3n) is 6.57. The van der Waals surface area contributed by atoms with E-state index >= 15 is 0 Å². The van der Waals surface area contributed by atoms with Crippen molar-refractivity contribution in [2.24, 2.45) is 0 Å². The van der Waals surface area contributed by atoms with E-state index in [1.54, 1.807) is 0 Å². The van der Waals surface area contributed by atoms with E-state index in [4.69, 9.17) is 4.98 Å². The van der Waals surface area contributed by atoms with E-state index in [1.165, 1.54) is 16.8 Å². The van der Waals surface area contributed by atoms with Crippen molar-refractivity contribution in [3.05, 3.63) is 95.3 Å². The molecule has 176 valence electrons. The molecule has 1 aromatic heterocycles. The van der Waals surface area contributed by atoms with Gasteiger partial charge in [-0.25, -0.2) is 0 Å². The van der Waals surface area contributed by atoms with Crippen molar-refractivity contribution in [2.45, 2.75) is 84.4 Å². The molecule has 3 aromatic rings. The van der Waals surface area contributed by atoms with Gasteiger partial charge in [-0.3, -0.25) is 4.98 Å². The zero-order chi connectivity index (χ0) is 24.4. The quantitative estimate of drug-likeness (QED) is 0.397. The topological polar surface area (TPSA) is 36.4 Å². The molecule has 3 rings (SSSR count). The van der Waals surface area contributed by atoms with Crippen LogP contribution in [0, 0.1) is 0 Å². The predicted octanol–water partition coefficient (Wildman–Crippen LogP) is 7.26. The van der Waals surface area contributed by atoms with Crippen LogP contribution in [0.2, 0.25) is 0 Å². The van der Waals surface area contributed by atoms with E-state index in [1.807, 2.05) is 44.3 Å². The smallest absolute Gasteiger partial charge is 0.136 e. The molecule has 1 N–H and O–H groups in total. The van der Waals surface area contributed by atoms with Gasteiger partial charge in [0.15, 0.2) is 0 Å². The van der Waals surface area contributed by atoms with Crippen LogP contribution in [0.4, 0.5) is 5.69 Å². The maximum atomic E-state index is 12.1. The van der Waals surface area contributed by atoms with Gasteiger partial charge < -0.3 is 10.0 Å². The van der Waals surface area contributed by atoms with E-state index in [9.17, 15) is 5.11 Å². The summed E-state index contributed by atoms with van der Waals surface area (Å²) >= 11 is 0. The lowest BCUT2D eigenvalue weighted by atomic mass is 9.70. The second-order valence-electron chi connectivity index (χ2n) is 10.4. The van der Waals surface area contributed by atoms with Gasteiger partial charge in [-0.05, 0) is 68.4 Å². The highest BCUT2D eigenvalue weighted by atomic mass is 16.3. The summed E-state index contributed by atoms with van der Waals surface area (Å²) in [5, 5.41) is 12.1. The van der Waals surface area contributed by atoms with Crippen LogP contribution in [-0.4, -0.2) is 21.7 Å². The largest absolute Gasteiger partial charge is 0.387 e. The van der Waals surface area contributed by atoms with Gasteiger partial charge in [-0.2, -0.15) is 0 Å². The summed E-state index contributed by atoms with van der Waals surface area (Å²) < 4.78 is 0. The minimum Gasteiger partial charge on any atom is -0.387 e. The van der Waals surface area contributed by atoms with Crippen molar-refractivity contribution in [1.29, 1.82) is 0 Å². The number of aliphatic hydroxyl groups is 1. The van der Waals surface area contributed by atoms with Gasteiger partial charge in [0, 0.05) is 17.9 Å². The summed E-state index contributed by atoms with van der Waals surface area (Å²) in [4.78, 5) is 7.31. The molecule has 3 heteroatoms. The highest BCUT2D eigenvalue weighted by molar-refractivity contribution is 5.67. The Morgan fingerprint density at radius 1 is 0.727 bits per heavy atom. The molecular weight excluding hydrogens is 404 g/mol. The third kappa shape index (κ3) is 4.44. The summed E-state index contributed by atoms with van der Waals surface area (Å²) in [6.45, 7) is 17.2. The molecule has 0 spiro atoms. The average molecular weight is 445 g/mol. The van der Waals surface area contributed by atoms with Crippen molar-refractivity contribution >= 4 is 5.69 Å². The monoisotopic (exact) mass is 444 g/mol. The van der Waals surface area contributed by atoms with Gasteiger partial charge in [0.1, 0.15) is 5.54 Å². The summed E-state index contributed by atoms with van der Waals surface area (Å²) in [6.07, 6.45) is 1.83. The number of benzene rings is 2. The van der Waals surface area contributed by atoms with Gasteiger partial charge in [0.25, 0.3) is 0 Å². The predicted molar refractivity (Wildman–Crippen MR) is 140 cm³/mol. The second kappa shape index (κ2) is 9.69. The Morgan fingerprint density at radius 2 is 1.27 bits per heavy atom. The number of rotatable bonds is 8. The standard InChI is InChI=1S/C30H40N2O/c1-21(2)25-17-14-18-26(22(3)4)28(25)32(23(5)6)30(29(7,8)33,24-15-10-9-11-16-24)27-19-12-13-20-31-27/h9-23,33H,1-8H3. The van der Waals surface area contributed by atoms with Crippen LogP contribution in [0.1, 0.15) is 89.6 Å². The van der Waals surface area contributed by atoms with Gasteiger partial charge in [0.05, 0.1) is 11.3 Å². The molecule has 1 unspecified atom stereocenters. The van der Waals surface area contributed by atoms with Gasteiger partial charge in [-0.15, -0.1) is 0 Å². The van der Waals surface area contributed by atoms with E-state index in [0.717, 1.165) is 11.3 Å². The summed E-state index contributed by atoms with van der Waals surface area (Å²) in [6, 6.07) is 23.1. The third-order valence-corrected chi connectivity index (χ3v) is 6.57. The van der Waals surface area contributed by atoms with Crippen LogP contribution in [0.3, 0.4) is 0 Å². The Bertz CT molecular complexity index is 968. The number of hydrogen-bond donors (Lipinski definition) is 1. The molecule has 0 aliphatic rings. The molecule has 0 bridgehead atoms. The highest BCUT2D eigenvalue weighted by Crippen LogP contribution is 2.50. The molecule has 0 aliphatic heterocycles. The first kappa shape index (κ1) is 25.0. The summed E-state index contributed by atoms with van der Waals surface area (Å²) in [5.41, 5.74) is 3.59. The molecule has 1 heterocycles. The second-order valence-corrected chi connectivity index (χ2v) is 10.4. The van der Waals surface area contributed by atoms with Crippen LogP contribution in [0.15, 0.2) is 72.9 Å². The molecule has 0 saturated heterocycles. The van der Waals surface area contributed by atoms with Gasteiger partial charge in [-0.1, -0.05) is 82.3 Å². The lowest BCUT2D eigenvalue weighted by Crippen LogP contribution is -2.63. The Morgan fingerprint density at radius 3 is 1.70 bits per heavy atom. The highest BCUT2D eigenvalue weighted by Gasteiger charge is 2.54. The normalized spacial score (nSPS) is 14.1. The molecule has 0 radical (unpaired) electrons. The first-order valence-electron chi connectivity index (χ1n) is 12.1. The van der Waals surface area contributed by atoms with Crippen molar-refractivity contribution < 1.29 is 5.11 Å². The fourth-order valence-electron chi connectivity index (χ4n) is 5.23. The fourth-order valence-corrected chi connectivity index (χ4v) is 5.23. The SMILES string of the molecule is CC(C)c1cccc(C(C)C)c1N(C(C)C)C(c1ccccc1)(c1ccccn1)C(C)(C)O. The number of hydrogen-bond acceptors (Lipinski definition) is 3. The molecule has 33 heavy (non-hydrogen) atoms. The molecule has 0 fully saturated rings. The van der Waals surface area contributed by atoms with Crippen molar-refractivity contribution in [2.75, 3.05) is 4.90 Å². The molecule has 3 nitrogen and oxygen atoms in total. The van der Waals surface area contributed by atoms with Crippen LogP contribution in [-0.2, 0) is 5.54 Å². The minimum atomic E-state index is -1.15. The van der Waals surface area contributed by atoms with E-state index in [2.05, 4.69) is 88.9 Å². The first-order chi connectivity index (χ1) is 15.5. The average Bonchev–Trinajstić information content (AvgIpc) is 2.76. The molecule has 0 aliphatic carbocycles. The lowest BCUT2D eigenvalue weighted by Gasteiger charge is -2.55. The maximum Gasteiger partial charge on any atom is 0.136 e. The van der Waals surface area contributed by atoms with Gasteiger partial charge in [0.2, 0.25) is 0 Å². The molecular formula is C30H40N2O. The fraction of sp³-hybridized carbons (Fsp3) is 0.433. The van der Waals surface area contributed by atoms with Crippen molar-refractivity contribution in [3.63, 3.8) is 0 Å². The van der Waals surface area contributed by atoms with Crippen LogP contribution in [0.5, 0.6) is 0 Å².